The zero-order chi connectivity index (χ0) is 12.6. The smallest absolute Gasteiger partial charge is 0.0309 e. The van der Waals surface area contributed by atoms with Crippen LogP contribution in [-0.2, 0) is 0 Å². The maximum atomic E-state index is 3.78. The maximum absolute atomic E-state index is 3.78. The first-order chi connectivity index (χ1) is 8.67. The molecule has 2 atom stereocenters. The molecule has 0 bridgehead atoms. The molecule has 0 amide bonds. The second kappa shape index (κ2) is 5.10. The Labute approximate surface area is 112 Å². The van der Waals surface area contributed by atoms with Gasteiger partial charge in [-0.25, -0.2) is 0 Å². The number of piperidine rings is 1. The molecule has 0 aromatic rings. The van der Waals surface area contributed by atoms with E-state index in [2.05, 4.69) is 29.1 Å². The van der Waals surface area contributed by atoms with Crippen molar-refractivity contribution in [1.29, 1.82) is 0 Å². The van der Waals surface area contributed by atoms with Crippen molar-refractivity contribution in [2.45, 2.75) is 50.6 Å². The highest BCUT2D eigenvalue weighted by Crippen LogP contribution is 2.40. The summed E-state index contributed by atoms with van der Waals surface area (Å²) < 4.78 is 0. The summed E-state index contributed by atoms with van der Waals surface area (Å²) in [5.41, 5.74) is 0.408. The highest BCUT2D eigenvalue weighted by molar-refractivity contribution is 5.02. The van der Waals surface area contributed by atoms with Crippen LogP contribution in [0, 0.1) is 5.92 Å². The van der Waals surface area contributed by atoms with Gasteiger partial charge in [0.05, 0.1) is 0 Å². The van der Waals surface area contributed by atoms with Crippen LogP contribution in [0.1, 0.15) is 39.0 Å². The second-order valence-electron chi connectivity index (χ2n) is 6.98. The zero-order valence-corrected chi connectivity index (χ0v) is 12.1. The van der Waals surface area contributed by atoms with Crippen LogP contribution in [0.25, 0.3) is 0 Å². The molecule has 3 rings (SSSR count). The molecule has 1 saturated carbocycles. The number of nitrogens with one attached hydrogen (secondary N) is 1. The molecule has 18 heavy (non-hydrogen) atoms. The van der Waals surface area contributed by atoms with E-state index >= 15 is 0 Å². The monoisotopic (exact) mass is 251 g/mol. The van der Waals surface area contributed by atoms with Crippen molar-refractivity contribution in [2.75, 3.05) is 39.8 Å². The van der Waals surface area contributed by atoms with Crippen LogP contribution in [0.5, 0.6) is 0 Å². The summed E-state index contributed by atoms with van der Waals surface area (Å²) in [7, 11) is 2.31. The van der Waals surface area contributed by atoms with Crippen molar-refractivity contribution < 1.29 is 0 Å². The third-order valence-corrected chi connectivity index (χ3v) is 5.38. The van der Waals surface area contributed by atoms with Crippen LogP contribution in [0.15, 0.2) is 0 Å². The summed E-state index contributed by atoms with van der Waals surface area (Å²) in [6.07, 6.45) is 7.12. The van der Waals surface area contributed by atoms with Gasteiger partial charge in [0.2, 0.25) is 0 Å². The summed E-state index contributed by atoms with van der Waals surface area (Å²) in [6, 6.07) is 0.806. The van der Waals surface area contributed by atoms with E-state index in [0.717, 1.165) is 12.0 Å². The summed E-state index contributed by atoms with van der Waals surface area (Å²) >= 11 is 0. The van der Waals surface area contributed by atoms with Gasteiger partial charge >= 0.3 is 0 Å². The summed E-state index contributed by atoms with van der Waals surface area (Å²) in [6.45, 7) is 8.73. The lowest BCUT2D eigenvalue weighted by atomic mass is 9.92. The predicted molar refractivity (Wildman–Crippen MR) is 75.8 cm³/mol. The molecule has 0 aromatic heterocycles. The molecule has 3 aliphatic rings. The molecule has 2 heterocycles. The van der Waals surface area contributed by atoms with Gasteiger partial charge in [0, 0.05) is 37.8 Å². The number of piperazine rings is 1. The van der Waals surface area contributed by atoms with Gasteiger partial charge in [-0.1, -0.05) is 6.42 Å². The summed E-state index contributed by atoms with van der Waals surface area (Å²) in [5, 5.41) is 3.78. The van der Waals surface area contributed by atoms with E-state index in [1.54, 1.807) is 0 Å². The summed E-state index contributed by atoms with van der Waals surface area (Å²) in [4.78, 5) is 5.31. The Hall–Kier alpha value is -0.120. The number of hydrogen-bond acceptors (Lipinski definition) is 3. The zero-order valence-electron chi connectivity index (χ0n) is 12.1. The highest BCUT2D eigenvalue weighted by Gasteiger charge is 2.44. The van der Waals surface area contributed by atoms with Crippen molar-refractivity contribution in [3.05, 3.63) is 0 Å². The molecule has 0 aromatic carbocycles. The molecule has 2 aliphatic heterocycles. The van der Waals surface area contributed by atoms with E-state index in [1.165, 1.54) is 64.8 Å². The van der Waals surface area contributed by atoms with E-state index in [4.69, 9.17) is 0 Å². The Balaban J connectivity index is 1.55. The Bertz CT molecular complexity index is 289. The normalized spacial score (nSPS) is 40.0. The molecule has 1 aliphatic carbocycles. The van der Waals surface area contributed by atoms with Gasteiger partial charge in [-0.15, -0.1) is 0 Å². The topological polar surface area (TPSA) is 18.5 Å². The highest BCUT2D eigenvalue weighted by atomic mass is 15.3. The third-order valence-electron chi connectivity index (χ3n) is 5.38. The SMILES string of the molecule is CN1CCCCC1CN1CCNC(C)(C2CC2)C1. The van der Waals surface area contributed by atoms with Gasteiger partial charge in [-0.05, 0) is 52.1 Å². The predicted octanol–water partition coefficient (Wildman–Crippen LogP) is 1.54. The number of hydrogen-bond donors (Lipinski definition) is 1. The average molecular weight is 251 g/mol. The van der Waals surface area contributed by atoms with Crippen molar-refractivity contribution >= 4 is 0 Å². The van der Waals surface area contributed by atoms with Gasteiger partial charge in [-0.3, -0.25) is 4.90 Å². The largest absolute Gasteiger partial charge is 0.309 e. The first-order valence-corrected chi connectivity index (χ1v) is 7.85. The maximum Gasteiger partial charge on any atom is 0.0309 e. The molecule has 3 nitrogen and oxygen atoms in total. The standard InChI is InChI=1S/C15H29N3/c1-15(13-6-7-13)12-18(10-8-16-15)11-14-5-3-4-9-17(14)2/h13-14,16H,3-12H2,1-2H3. The fourth-order valence-corrected chi connectivity index (χ4v) is 3.92. The fourth-order valence-electron chi connectivity index (χ4n) is 3.92. The Morgan fingerprint density at radius 1 is 1.17 bits per heavy atom. The molecule has 104 valence electrons. The second-order valence-corrected chi connectivity index (χ2v) is 6.98. The van der Waals surface area contributed by atoms with Gasteiger partial charge in [-0.2, -0.15) is 0 Å². The molecule has 2 unspecified atom stereocenters. The van der Waals surface area contributed by atoms with Crippen LogP contribution in [0.4, 0.5) is 0 Å². The van der Waals surface area contributed by atoms with Crippen LogP contribution in [-0.4, -0.2) is 61.2 Å². The van der Waals surface area contributed by atoms with Crippen molar-refractivity contribution in [2.24, 2.45) is 5.92 Å². The number of likely N-dealkylation sites (tertiary alicyclic amines) is 1. The van der Waals surface area contributed by atoms with E-state index in [0.29, 0.717) is 5.54 Å². The molecule has 3 fully saturated rings. The third kappa shape index (κ3) is 2.73. The molecule has 0 radical (unpaired) electrons. The van der Waals surface area contributed by atoms with Crippen LogP contribution < -0.4 is 5.32 Å². The Morgan fingerprint density at radius 2 is 2.00 bits per heavy atom. The molecule has 1 N–H and O–H groups in total. The Morgan fingerprint density at radius 3 is 2.72 bits per heavy atom. The number of likely N-dealkylation sites (N-methyl/N-ethyl adjacent to an activating group) is 1. The average Bonchev–Trinajstić information content (AvgIpc) is 3.17. The van der Waals surface area contributed by atoms with Gasteiger partial charge in [0.1, 0.15) is 0 Å². The molecule has 3 heteroatoms. The minimum atomic E-state index is 0.408. The molecular weight excluding hydrogens is 222 g/mol. The minimum absolute atomic E-state index is 0.408. The van der Waals surface area contributed by atoms with Crippen molar-refractivity contribution in [1.82, 2.24) is 15.1 Å². The molecule has 2 saturated heterocycles. The number of rotatable bonds is 3. The van der Waals surface area contributed by atoms with Gasteiger partial charge in [0.25, 0.3) is 0 Å². The number of nitrogens with zero attached hydrogens (tertiary/aromatic N) is 2. The first kappa shape index (κ1) is 12.9. The lowest BCUT2D eigenvalue weighted by molar-refractivity contribution is 0.0787. The molecular formula is C15H29N3. The minimum Gasteiger partial charge on any atom is -0.309 e. The van der Waals surface area contributed by atoms with Crippen LogP contribution in [0.2, 0.25) is 0 Å². The van der Waals surface area contributed by atoms with Gasteiger partial charge < -0.3 is 10.2 Å². The van der Waals surface area contributed by atoms with E-state index < -0.39 is 0 Å². The van der Waals surface area contributed by atoms with Crippen molar-refractivity contribution in [3.8, 4) is 0 Å². The Kier molecular flexibility index (Phi) is 3.65. The van der Waals surface area contributed by atoms with Crippen LogP contribution in [0.3, 0.4) is 0 Å². The lowest BCUT2D eigenvalue weighted by Crippen LogP contribution is -2.61. The molecule has 0 spiro atoms. The van der Waals surface area contributed by atoms with Gasteiger partial charge in [0.15, 0.2) is 0 Å². The van der Waals surface area contributed by atoms with Crippen LogP contribution >= 0.6 is 0 Å². The fraction of sp³-hybridized carbons (Fsp3) is 1.00. The van der Waals surface area contributed by atoms with E-state index in [1.807, 2.05) is 0 Å². The first-order valence-electron chi connectivity index (χ1n) is 7.85. The van der Waals surface area contributed by atoms with Crippen molar-refractivity contribution in [3.63, 3.8) is 0 Å². The lowest BCUT2D eigenvalue weighted by Gasteiger charge is -2.44. The summed E-state index contributed by atoms with van der Waals surface area (Å²) in [5.74, 6) is 0.949. The van der Waals surface area contributed by atoms with E-state index in [9.17, 15) is 0 Å². The quantitative estimate of drug-likeness (QED) is 0.821. The van der Waals surface area contributed by atoms with E-state index in [-0.39, 0.29) is 0 Å².